The molecule has 5 heteroatoms. The largest absolute Gasteiger partial charge is 0.312 e. The fourth-order valence-corrected chi connectivity index (χ4v) is 4.38. The predicted molar refractivity (Wildman–Crippen MR) is 86.1 cm³/mol. The quantitative estimate of drug-likeness (QED) is 0.911. The van der Waals surface area contributed by atoms with Crippen LogP contribution in [0.25, 0.3) is 0 Å². The standard InChI is InChI=1S/C16H26N2O2S/c1-12-6-7-14(16(3,4)5)10-15(12)21(19,20)18-9-8-17-13(2)11-18/h6-7,10,13,17H,8-9,11H2,1-5H3/t13-/m0/s1. The van der Waals surface area contributed by atoms with E-state index in [9.17, 15) is 8.42 Å². The van der Waals surface area contributed by atoms with Gasteiger partial charge in [-0.05, 0) is 36.5 Å². The summed E-state index contributed by atoms with van der Waals surface area (Å²) in [5.74, 6) is 0. The molecule has 1 aromatic rings. The van der Waals surface area contributed by atoms with Gasteiger partial charge in [-0.3, -0.25) is 0 Å². The van der Waals surface area contributed by atoms with Crippen molar-refractivity contribution >= 4 is 10.0 Å². The fraction of sp³-hybridized carbons (Fsp3) is 0.625. The highest BCUT2D eigenvalue weighted by molar-refractivity contribution is 7.89. The van der Waals surface area contributed by atoms with Crippen LogP contribution in [0.2, 0.25) is 0 Å². The third-order valence-corrected chi connectivity index (χ3v) is 6.01. The van der Waals surface area contributed by atoms with Gasteiger partial charge >= 0.3 is 0 Å². The third kappa shape index (κ3) is 3.47. The van der Waals surface area contributed by atoms with E-state index in [2.05, 4.69) is 26.1 Å². The summed E-state index contributed by atoms with van der Waals surface area (Å²) >= 11 is 0. The van der Waals surface area contributed by atoms with Crippen molar-refractivity contribution in [2.45, 2.75) is 51.0 Å². The first-order chi connectivity index (χ1) is 9.62. The van der Waals surface area contributed by atoms with Crippen molar-refractivity contribution in [3.05, 3.63) is 29.3 Å². The zero-order valence-corrected chi connectivity index (χ0v) is 14.4. The minimum Gasteiger partial charge on any atom is -0.312 e. The van der Waals surface area contributed by atoms with Crippen LogP contribution in [-0.2, 0) is 15.4 Å². The van der Waals surface area contributed by atoms with Crippen LogP contribution in [0, 0.1) is 6.92 Å². The minimum absolute atomic E-state index is 0.0608. The Balaban J connectivity index is 2.44. The summed E-state index contributed by atoms with van der Waals surface area (Å²) < 4.78 is 27.5. The molecule has 1 atom stereocenters. The van der Waals surface area contributed by atoms with E-state index in [1.165, 1.54) is 0 Å². The first-order valence-electron chi connectivity index (χ1n) is 7.47. The summed E-state index contributed by atoms with van der Waals surface area (Å²) in [4.78, 5) is 0.448. The Labute approximate surface area is 128 Å². The van der Waals surface area contributed by atoms with E-state index < -0.39 is 10.0 Å². The van der Waals surface area contributed by atoms with Crippen LogP contribution in [0.5, 0.6) is 0 Å². The maximum atomic E-state index is 12.9. The summed E-state index contributed by atoms with van der Waals surface area (Å²) in [5, 5.41) is 3.28. The number of benzene rings is 1. The summed E-state index contributed by atoms with van der Waals surface area (Å²) in [6.45, 7) is 11.9. The number of nitrogens with zero attached hydrogens (tertiary/aromatic N) is 1. The molecule has 0 amide bonds. The second-order valence-corrected chi connectivity index (χ2v) is 8.85. The van der Waals surface area contributed by atoms with Crippen LogP contribution >= 0.6 is 0 Å². The van der Waals surface area contributed by atoms with Crippen LogP contribution in [0.4, 0.5) is 0 Å². The SMILES string of the molecule is Cc1ccc(C(C)(C)C)cc1S(=O)(=O)N1CCN[C@@H](C)C1. The molecule has 1 N–H and O–H groups in total. The molecular formula is C16H26N2O2S. The van der Waals surface area contributed by atoms with Crippen molar-refractivity contribution < 1.29 is 8.42 Å². The van der Waals surface area contributed by atoms with E-state index in [1.807, 2.05) is 32.0 Å². The Hall–Kier alpha value is -0.910. The van der Waals surface area contributed by atoms with Crippen molar-refractivity contribution in [1.29, 1.82) is 0 Å². The molecule has 0 unspecified atom stereocenters. The number of hydrogen-bond donors (Lipinski definition) is 1. The molecule has 1 saturated heterocycles. The molecule has 0 saturated carbocycles. The lowest BCUT2D eigenvalue weighted by Crippen LogP contribution is -2.51. The molecule has 1 fully saturated rings. The molecule has 0 aromatic heterocycles. The molecule has 0 bridgehead atoms. The molecule has 0 spiro atoms. The minimum atomic E-state index is -3.42. The van der Waals surface area contributed by atoms with Gasteiger partial charge < -0.3 is 5.32 Å². The molecule has 0 radical (unpaired) electrons. The second kappa shape index (κ2) is 5.71. The lowest BCUT2D eigenvalue weighted by Gasteiger charge is -2.32. The van der Waals surface area contributed by atoms with Gasteiger partial charge in [-0.15, -0.1) is 0 Å². The number of hydrogen-bond acceptors (Lipinski definition) is 3. The van der Waals surface area contributed by atoms with Gasteiger partial charge in [0.05, 0.1) is 4.90 Å². The molecule has 1 aliphatic rings. The van der Waals surface area contributed by atoms with Gasteiger partial charge in [-0.25, -0.2) is 8.42 Å². The number of aryl methyl sites for hydroxylation is 1. The maximum Gasteiger partial charge on any atom is 0.243 e. The fourth-order valence-electron chi connectivity index (χ4n) is 2.60. The first kappa shape index (κ1) is 16.5. The molecule has 21 heavy (non-hydrogen) atoms. The van der Waals surface area contributed by atoms with Gasteiger partial charge in [-0.2, -0.15) is 4.31 Å². The van der Waals surface area contributed by atoms with Crippen molar-refractivity contribution in [2.24, 2.45) is 0 Å². The number of rotatable bonds is 2. The highest BCUT2D eigenvalue weighted by Crippen LogP contribution is 2.28. The summed E-state index contributed by atoms with van der Waals surface area (Å²) in [5.41, 5.74) is 1.80. The van der Waals surface area contributed by atoms with E-state index in [-0.39, 0.29) is 11.5 Å². The van der Waals surface area contributed by atoms with Crippen LogP contribution in [-0.4, -0.2) is 38.4 Å². The zero-order chi connectivity index (χ0) is 15.8. The Morgan fingerprint density at radius 3 is 2.52 bits per heavy atom. The highest BCUT2D eigenvalue weighted by Gasteiger charge is 2.30. The van der Waals surface area contributed by atoms with Crippen LogP contribution in [0.1, 0.15) is 38.8 Å². The van der Waals surface area contributed by atoms with Gasteiger partial charge in [0.1, 0.15) is 0 Å². The molecule has 4 nitrogen and oxygen atoms in total. The molecule has 1 aromatic carbocycles. The van der Waals surface area contributed by atoms with Gasteiger partial charge in [0, 0.05) is 25.7 Å². The molecule has 1 aliphatic heterocycles. The van der Waals surface area contributed by atoms with E-state index >= 15 is 0 Å². The average molecular weight is 310 g/mol. The number of nitrogens with one attached hydrogen (secondary N) is 1. The van der Waals surface area contributed by atoms with Gasteiger partial charge in [-0.1, -0.05) is 32.9 Å². The Morgan fingerprint density at radius 1 is 1.29 bits per heavy atom. The smallest absolute Gasteiger partial charge is 0.243 e. The number of sulfonamides is 1. The Kier molecular flexibility index (Phi) is 4.47. The number of piperazine rings is 1. The third-order valence-electron chi connectivity index (χ3n) is 4.00. The van der Waals surface area contributed by atoms with Crippen LogP contribution in [0.15, 0.2) is 23.1 Å². The normalized spacial score (nSPS) is 21.5. The topological polar surface area (TPSA) is 49.4 Å². The van der Waals surface area contributed by atoms with E-state index in [0.717, 1.165) is 11.1 Å². The van der Waals surface area contributed by atoms with Crippen molar-refractivity contribution in [1.82, 2.24) is 9.62 Å². The van der Waals surface area contributed by atoms with E-state index in [4.69, 9.17) is 0 Å². The molecule has 2 rings (SSSR count). The van der Waals surface area contributed by atoms with Crippen molar-refractivity contribution in [3.8, 4) is 0 Å². The first-order valence-corrected chi connectivity index (χ1v) is 8.91. The monoisotopic (exact) mass is 310 g/mol. The molecular weight excluding hydrogens is 284 g/mol. The molecule has 1 heterocycles. The van der Waals surface area contributed by atoms with Crippen molar-refractivity contribution in [3.63, 3.8) is 0 Å². The Bertz CT molecular complexity index is 618. The summed E-state index contributed by atoms with van der Waals surface area (Å²) in [7, 11) is -3.42. The second-order valence-electron chi connectivity index (χ2n) is 6.95. The maximum absolute atomic E-state index is 12.9. The van der Waals surface area contributed by atoms with Gasteiger partial charge in [0.15, 0.2) is 0 Å². The Morgan fingerprint density at radius 2 is 1.95 bits per heavy atom. The van der Waals surface area contributed by atoms with E-state index in [0.29, 0.717) is 24.5 Å². The zero-order valence-electron chi connectivity index (χ0n) is 13.6. The molecule has 0 aliphatic carbocycles. The van der Waals surface area contributed by atoms with Gasteiger partial charge in [0.25, 0.3) is 0 Å². The lowest BCUT2D eigenvalue weighted by molar-refractivity contribution is 0.310. The molecule has 118 valence electrons. The average Bonchev–Trinajstić information content (AvgIpc) is 2.37. The lowest BCUT2D eigenvalue weighted by atomic mass is 9.87. The summed E-state index contributed by atoms with van der Waals surface area (Å²) in [6, 6.07) is 5.98. The van der Waals surface area contributed by atoms with Crippen LogP contribution < -0.4 is 5.32 Å². The summed E-state index contributed by atoms with van der Waals surface area (Å²) in [6.07, 6.45) is 0. The van der Waals surface area contributed by atoms with Gasteiger partial charge in [0.2, 0.25) is 10.0 Å². The van der Waals surface area contributed by atoms with Crippen LogP contribution in [0.3, 0.4) is 0 Å². The van der Waals surface area contributed by atoms with E-state index in [1.54, 1.807) is 4.31 Å². The predicted octanol–water partition coefficient (Wildman–Crippen LogP) is 2.27. The highest BCUT2D eigenvalue weighted by atomic mass is 32.2. The van der Waals surface area contributed by atoms with Crippen molar-refractivity contribution in [2.75, 3.05) is 19.6 Å².